The zero-order chi connectivity index (χ0) is 24.3. The Hall–Kier alpha value is -3.74. The van der Waals surface area contributed by atoms with Crippen LogP contribution >= 0.6 is 0 Å². The second-order valence-corrected chi connectivity index (χ2v) is 8.92. The van der Waals surface area contributed by atoms with Crippen molar-refractivity contribution in [2.45, 2.75) is 32.7 Å². The van der Waals surface area contributed by atoms with Gasteiger partial charge in [-0.05, 0) is 68.3 Å². The van der Waals surface area contributed by atoms with E-state index in [0.717, 1.165) is 22.4 Å². The fraction of sp³-hybridized carbons (Fsp3) is 0.185. The summed E-state index contributed by atoms with van der Waals surface area (Å²) in [5, 5.41) is 3.47. The molecule has 0 aromatic heterocycles. The summed E-state index contributed by atoms with van der Waals surface area (Å²) in [5.41, 5.74) is 4.59. The van der Waals surface area contributed by atoms with Crippen LogP contribution in [0.2, 0.25) is 0 Å². The largest absolute Gasteiger partial charge is 0.573 e. The van der Waals surface area contributed by atoms with Gasteiger partial charge in [-0.15, -0.1) is 13.2 Å². The molecule has 0 fully saturated rings. The maximum atomic E-state index is 14.1. The van der Waals surface area contributed by atoms with E-state index in [-0.39, 0.29) is 16.9 Å². The summed E-state index contributed by atoms with van der Waals surface area (Å²) in [6.45, 7) is 6.06. The number of halogens is 4. The molecule has 0 radical (unpaired) electrons. The molecule has 0 bridgehead atoms. The van der Waals surface area contributed by atoms with Gasteiger partial charge in [0, 0.05) is 27.9 Å². The Morgan fingerprint density at radius 1 is 0.971 bits per heavy atom. The molecule has 3 aromatic rings. The molecule has 0 aliphatic carbocycles. The van der Waals surface area contributed by atoms with Crippen molar-refractivity contribution in [1.29, 1.82) is 0 Å². The predicted molar refractivity (Wildman–Crippen MR) is 125 cm³/mol. The van der Waals surface area contributed by atoms with Crippen LogP contribution in [0, 0.1) is 5.82 Å². The lowest BCUT2D eigenvalue weighted by molar-refractivity contribution is -0.274. The van der Waals surface area contributed by atoms with E-state index in [1.54, 1.807) is 6.07 Å². The van der Waals surface area contributed by atoms with Crippen molar-refractivity contribution in [2.24, 2.45) is 0 Å². The highest BCUT2D eigenvalue weighted by molar-refractivity contribution is 6.00. The third kappa shape index (κ3) is 4.02. The molecule has 7 heteroatoms. The van der Waals surface area contributed by atoms with E-state index in [9.17, 15) is 17.6 Å². The normalized spacial score (nSPS) is 17.0. The van der Waals surface area contributed by atoms with Crippen LogP contribution in [0.5, 0.6) is 11.5 Å². The molecule has 3 nitrogen and oxygen atoms in total. The van der Waals surface area contributed by atoms with Crippen molar-refractivity contribution in [3.8, 4) is 22.6 Å². The van der Waals surface area contributed by atoms with E-state index in [1.165, 1.54) is 42.5 Å². The number of nitrogens with one attached hydrogen (secondary N) is 1. The second kappa shape index (κ2) is 7.65. The third-order valence-corrected chi connectivity index (χ3v) is 5.76. The number of hydrogen-bond donors (Lipinski definition) is 1. The molecular formula is C27H21F4NO2. The summed E-state index contributed by atoms with van der Waals surface area (Å²) in [5.74, 6) is 0.0151. The predicted octanol–water partition coefficient (Wildman–Crippen LogP) is 7.89. The van der Waals surface area contributed by atoms with Crippen molar-refractivity contribution in [3.63, 3.8) is 0 Å². The van der Waals surface area contributed by atoms with Crippen LogP contribution in [0.3, 0.4) is 0 Å². The van der Waals surface area contributed by atoms with E-state index >= 15 is 0 Å². The highest BCUT2D eigenvalue weighted by atomic mass is 19.4. The maximum Gasteiger partial charge on any atom is 0.573 e. The Labute approximate surface area is 194 Å². The number of anilines is 1. The number of fused-ring (bicyclic) bond motifs is 5. The zero-order valence-corrected chi connectivity index (χ0v) is 18.7. The zero-order valence-electron chi connectivity index (χ0n) is 18.7. The first-order valence-electron chi connectivity index (χ1n) is 10.7. The number of alkyl halides is 3. The van der Waals surface area contributed by atoms with Crippen LogP contribution < -0.4 is 14.8 Å². The molecule has 34 heavy (non-hydrogen) atoms. The van der Waals surface area contributed by atoms with Gasteiger partial charge < -0.3 is 14.8 Å². The number of rotatable bonds is 2. The molecule has 1 N–H and O–H groups in total. The molecule has 5 rings (SSSR count). The van der Waals surface area contributed by atoms with E-state index in [1.807, 2.05) is 32.9 Å². The minimum Gasteiger partial charge on any atom is -0.456 e. The Kier molecular flexibility index (Phi) is 4.97. The molecule has 2 heterocycles. The lowest BCUT2D eigenvalue weighted by Gasteiger charge is -2.35. The van der Waals surface area contributed by atoms with Gasteiger partial charge in [-0.25, -0.2) is 4.39 Å². The van der Waals surface area contributed by atoms with Gasteiger partial charge in [0.1, 0.15) is 23.1 Å². The molecule has 0 atom stereocenters. The number of hydrogen-bond acceptors (Lipinski definition) is 3. The second-order valence-electron chi connectivity index (χ2n) is 8.92. The first kappa shape index (κ1) is 22.1. The SMILES string of the molecule is CC1=CC(C)(C)Nc2ccc3c(c21)/C(=C/c1ccccc1OC(F)(F)F)Oc1ccc(F)cc1-3. The molecule has 0 saturated carbocycles. The monoisotopic (exact) mass is 467 g/mol. The van der Waals surface area contributed by atoms with Gasteiger partial charge >= 0.3 is 6.36 Å². The fourth-order valence-electron chi connectivity index (χ4n) is 4.62. The van der Waals surface area contributed by atoms with Gasteiger partial charge in [0.05, 0.1) is 5.54 Å². The van der Waals surface area contributed by atoms with E-state index in [2.05, 4.69) is 16.1 Å². The average molecular weight is 467 g/mol. The van der Waals surface area contributed by atoms with Gasteiger partial charge in [-0.1, -0.05) is 30.3 Å². The lowest BCUT2D eigenvalue weighted by Crippen LogP contribution is -2.32. The highest BCUT2D eigenvalue weighted by Crippen LogP contribution is 2.49. The Morgan fingerprint density at radius 2 is 1.74 bits per heavy atom. The van der Waals surface area contributed by atoms with Crippen LogP contribution in [0.15, 0.2) is 60.7 Å². The van der Waals surface area contributed by atoms with E-state index in [4.69, 9.17) is 4.74 Å². The molecule has 0 unspecified atom stereocenters. The van der Waals surface area contributed by atoms with Crippen LogP contribution in [0.1, 0.15) is 37.5 Å². The van der Waals surface area contributed by atoms with Crippen molar-refractivity contribution in [1.82, 2.24) is 0 Å². The Balaban J connectivity index is 1.76. The van der Waals surface area contributed by atoms with Crippen LogP contribution in [0.4, 0.5) is 23.2 Å². The molecule has 2 aliphatic heterocycles. The van der Waals surface area contributed by atoms with E-state index < -0.39 is 12.2 Å². The summed E-state index contributed by atoms with van der Waals surface area (Å²) >= 11 is 0. The lowest BCUT2D eigenvalue weighted by atomic mass is 9.83. The Morgan fingerprint density at radius 3 is 2.50 bits per heavy atom. The van der Waals surface area contributed by atoms with Crippen LogP contribution in [-0.4, -0.2) is 11.9 Å². The smallest absolute Gasteiger partial charge is 0.456 e. The molecule has 2 aliphatic rings. The standard InChI is InChI=1S/C27H21F4NO2/c1-15-14-26(2,3)32-20-10-9-18-19-13-17(28)8-11-22(19)33-23(25(18)24(15)20)12-16-6-4-5-7-21(16)34-27(29,30)31/h4-14,32H,1-3H3/b23-12-. The molecule has 0 spiro atoms. The van der Waals surface area contributed by atoms with Crippen LogP contribution in [0.25, 0.3) is 28.5 Å². The van der Waals surface area contributed by atoms with Gasteiger partial charge in [0.25, 0.3) is 0 Å². The average Bonchev–Trinajstić information content (AvgIpc) is 2.73. The molecule has 0 amide bonds. The minimum absolute atomic E-state index is 0.203. The first-order chi connectivity index (χ1) is 16.0. The Bertz CT molecular complexity index is 1370. The van der Waals surface area contributed by atoms with Crippen LogP contribution in [-0.2, 0) is 0 Å². The van der Waals surface area contributed by atoms with Crippen molar-refractivity contribution < 1.29 is 27.0 Å². The highest BCUT2D eigenvalue weighted by Gasteiger charge is 2.33. The summed E-state index contributed by atoms with van der Waals surface area (Å²) in [7, 11) is 0. The van der Waals surface area contributed by atoms with Crippen molar-refractivity contribution >= 4 is 23.1 Å². The quantitative estimate of drug-likeness (QED) is 0.389. The molecule has 0 saturated heterocycles. The summed E-state index contributed by atoms with van der Waals surface area (Å²) < 4.78 is 63.5. The maximum absolute atomic E-state index is 14.1. The van der Waals surface area contributed by atoms with Crippen molar-refractivity contribution in [2.75, 3.05) is 5.32 Å². The summed E-state index contributed by atoms with van der Waals surface area (Å²) in [6, 6.07) is 13.9. The van der Waals surface area contributed by atoms with Gasteiger partial charge in [-0.3, -0.25) is 0 Å². The number of benzene rings is 3. The topological polar surface area (TPSA) is 30.5 Å². The van der Waals surface area contributed by atoms with Gasteiger partial charge in [0.15, 0.2) is 0 Å². The summed E-state index contributed by atoms with van der Waals surface area (Å²) in [6.07, 6.45) is -1.23. The third-order valence-electron chi connectivity index (χ3n) is 5.76. The van der Waals surface area contributed by atoms with Crippen molar-refractivity contribution in [3.05, 3.63) is 83.2 Å². The van der Waals surface area contributed by atoms with Gasteiger partial charge in [0.2, 0.25) is 0 Å². The van der Waals surface area contributed by atoms with Gasteiger partial charge in [-0.2, -0.15) is 0 Å². The summed E-state index contributed by atoms with van der Waals surface area (Å²) in [4.78, 5) is 0. The molecular weight excluding hydrogens is 446 g/mol. The minimum atomic E-state index is -4.84. The number of para-hydroxylation sites is 1. The first-order valence-corrected chi connectivity index (χ1v) is 10.7. The molecule has 3 aromatic carbocycles. The number of ether oxygens (including phenoxy) is 2. The fourth-order valence-corrected chi connectivity index (χ4v) is 4.62. The van der Waals surface area contributed by atoms with E-state index in [0.29, 0.717) is 22.6 Å². The number of allylic oxidation sites excluding steroid dienone is 1. The molecule has 174 valence electrons.